The van der Waals surface area contributed by atoms with Crippen LogP contribution in [0.2, 0.25) is 0 Å². The van der Waals surface area contributed by atoms with Gasteiger partial charge in [0.05, 0.1) is 11.2 Å². The van der Waals surface area contributed by atoms with Gasteiger partial charge in [0.2, 0.25) is 0 Å². The van der Waals surface area contributed by atoms with Gasteiger partial charge in [-0.25, -0.2) is 4.39 Å². The van der Waals surface area contributed by atoms with E-state index < -0.39 is 10.1 Å². The number of ether oxygens (including phenoxy) is 1. The highest BCUT2D eigenvalue weighted by molar-refractivity contribution is 7.85. The largest absolute Gasteiger partial charge is 0.489 e. The summed E-state index contributed by atoms with van der Waals surface area (Å²) in [6.45, 7) is 9.22. The number of benzene rings is 2. The van der Waals surface area contributed by atoms with Gasteiger partial charge in [0.25, 0.3) is 16.1 Å². The minimum absolute atomic E-state index is 0.0666. The highest BCUT2D eigenvalue weighted by atomic mass is 32.2. The summed E-state index contributed by atoms with van der Waals surface area (Å²) in [6, 6.07) is 11.8. The second kappa shape index (κ2) is 11.3. The molecule has 33 heavy (non-hydrogen) atoms. The molecule has 8 nitrogen and oxygen atoms in total. The molecular weight excluding hydrogens is 449 g/mol. The first-order valence-electron chi connectivity index (χ1n) is 10.2. The monoisotopic (exact) mass is 479 g/mol. The molecule has 0 radical (unpaired) electrons. The van der Waals surface area contributed by atoms with Gasteiger partial charge in [0.1, 0.15) is 17.9 Å². The molecule has 0 aliphatic rings. The third-order valence-corrected chi connectivity index (χ3v) is 5.16. The zero-order valence-electron chi connectivity index (χ0n) is 19.1. The highest BCUT2D eigenvalue weighted by Gasteiger charge is 2.13. The zero-order chi connectivity index (χ0) is 24.6. The van der Waals surface area contributed by atoms with Gasteiger partial charge in [0, 0.05) is 24.7 Å². The number of aryl methyl sites for hydroxylation is 1. The first-order chi connectivity index (χ1) is 15.4. The maximum atomic E-state index is 12.4. The lowest BCUT2D eigenvalue weighted by Crippen LogP contribution is -2.19. The molecule has 0 aliphatic heterocycles. The molecule has 180 valence electrons. The number of nitrogens with zero attached hydrogens (tertiary/aromatic N) is 1. The first-order valence-corrected chi connectivity index (χ1v) is 11.6. The van der Waals surface area contributed by atoms with E-state index >= 15 is 0 Å². The van der Waals surface area contributed by atoms with Gasteiger partial charge in [-0.2, -0.15) is 13.4 Å². The van der Waals surface area contributed by atoms with E-state index in [1.807, 2.05) is 6.92 Å². The number of fused-ring (bicyclic) bond motifs is 1. The molecule has 2 aromatic carbocycles. The number of nitrogens with one attached hydrogen (secondary N) is 1. The lowest BCUT2D eigenvalue weighted by atomic mass is 9.97. The van der Waals surface area contributed by atoms with Crippen molar-refractivity contribution in [2.75, 3.05) is 25.0 Å². The van der Waals surface area contributed by atoms with Crippen molar-refractivity contribution < 1.29 is 26.5 Å². The normalized spacial score (nSPS) is 12.3. The van der Waals surface area contributed by atoms with Crippen molar-refractivity contribution in [3.63, 3.8) is 0 Å². The molecule has 0 fully saturated rings. The molecule has 0 amide bonds. The molecule has 0 atom stereocenters. The summed E-state index contributed by atoms with van der Waals surface area (Å²) in [5.74, 6) is 0.582. The minimum atomic E-state index is -4.02. The summed E-state index contributed by atoms with van der Waals surface area (Å²) in [5.41, 5.74) is 8.22. The van der Waals surface area contributed by atoms with Crippen LogP contribution in [0.1, 0.15) is 26.3 Å². The second-order valence-electron chi connectivity index (χ2n) is 8.61. The van der Waals surface area contributed by atoms with E-state index in [9.17, 15) is 12.8 Å². The average molecular weight is 480 g/mol. The smallest absolute Gasteiger partial charge is 0.295 e. The van der Waals surface area contributed by atoms with E-state index in [1.165, 1.54) is 12.1 Å². The molecule has 1 aromatic heterocycles. The molecule has 0 bridgehead atoms. The van der Waals surface area contributed by atoms with E-state index in [-0.39, 0.29) is 23.5 Å². The van der Waals surface area contributed by atoms with Gasteiger partial charge in [-0.3, -0.25) is 4.55 Å². The summed E-state index contributed by atoms with van der Waals surface area (Å²) < 4.78 is 53.1. The predicted octanol–water partition coefficient (Wildman–Crippen LogP) is 4.72. The Balaban J connectivity index is 0.000000294. The van der Waals surface area contributed by atoms with Crippen LogP contribution in [0, 0.1) is 12.3 Å². The van der Waals surface area contributed by atoms with Crippen molar-refractivity contribution in [3.8, 4) is 5.75 Å². The third kappa shape index (κ3) is 8.83. The van der Waals surface area contributed by atoms with Crippen molar-refractivity contribution >= 4 is 27.2 Å². The van der Waals surface area contributed by atoms with Crippen molar-refractivity contribution in [1.29, 1.82) is 0 Å². The van der Waals surface area contributed by atoms with Gasteiger partial charge in [-0.15, -0.1) is 0 Å². The van der Waals surface area contributed by atoms with Crippen LogP contribution < -0.4 is 15.8 Å². The van der Waals surface area contributed by atoms with Crippen molar-refractivity contribution in [3.05, 3.63) is 59.9 Å². The molecule has 10 heteroatoms. The quantitative estimate of drug-likeness (QED) is 0.415. The molecular formula is C23H30FN3O5S. The van der Waals surface area contributed by atoms with Crippen LogP contribution >= 0.6 is 0 Å². The topological polar surface area (TPSA) is 128 Å². The number of hydrogen-bond donors (Lipinski definition) is 3. The molecule has 1 heterocycles. The fraction of sp³-hybridized carbons (Fsp3) is 0.348. The first kappa shape index (κ1) is 26.3. The molecule has 0 aliphatic carbocycles. The van der Waals surface area contributed by atoms with Crippen LogP contribution in [0.3, 0.4) is 0 Å². The molecule has 0 unspecified atom stereocenters. The number of halogens is 1. The van der Waals surface area contributed by atoms with E-state index in [0.717, 1.165) is 17.6 Å². The number of nitrogens with two attached hydrogens (primary N) is 1. The Morgan fingerprint density at radius 2 is 1.91 bits per heavy atom. The fourth-order valence-electron chi connectivity index (χ4n) is 2.43. The maximum absolute atomic E-state index is 12.4. The van der Waals surface area contributed by atoms with E-state index in [1.54, 1.807) is 30.3 Å². The summed E-state index contributed by atoms with van der Waals surface area (Å²) >= 11 is 0. The SMILES string of the molecule is CC(C)(C)CNc1nc2ccc(OC/C(=C/F)CN)cc2o1.Cc1ccc(S(=O)(=O)O)cc1. The van der Waals surface area contributed by atoms with Crippen molar-refractivity contribution in [2.45, 2.75) is 32.6 Å². The van der Waals surface area contributed by atoms with Crippen LogP contribution in [0.5, 0.6) is 5.75 Å². The molecule has 3 rings (SSSR count). The Kier molecular flexibility index (Phi) is 8.98. The van der Waals surface area contributed by atoms with Gasteiger partial charge in [-0.1, -0.05) is 38.5 Å². The average Bonchev–Trinajstić information content (AvgIpc) is 3.15. The number of rotatable bonds is 7. The summed E-state index contributed by atoms with van der Waals surface area (Å²) in [7, 11) is -4.02. The van der Waals surface area contributed by atoms with E-state index in [2.05, 4.69) is 31.1 Å². The number of hydrogen-bond acceptors (Lipinski definition) is 7. The van der Waals surface area contributed by atoms with Gasteiger partial charge < -0.3 is 20.2 Å². The Hall–Kier alpha value is -2.95. The van der Waals surface area contributed by atoms with Crippen LogP contribution in [0.25, 0.3) is 11.1 Å². The number of oxazole rings is 1. The number of anilines is 1. The standard InChI is InChI=1S/C16H22FN3O2.C7H8O3S/c1-16(2,3)10-19-15-20-13-5-4-12(6-14(13)22-15)21-9-11(7-17)8-18;1-6-2-4-7(5-3-6)11(8,9)10/h4-7H,8-10,18H2,1-3H3,(H,19,20);2-5H,1H3,(H,8,9,10)/b11-7+;. The summed E-state index contributed by atoms with van der Waals surface area (Å²) in [5, 5.41) is 3.17. The number of aromatic nitrogens is 1. The molecule has 4 N–H and O–H groups in total. The summed E-state index contributed by atoms with van der Waals surface area (Å²) in [6.07, 6.45) is 0.474. The maximum Gasteiger partial charge on any atom is 0.295 e. The third-order valence-electron chi connectivity index (χ3n) is 4.29. The lowest BCUT2D eigenvalue weighted by Gasteiger charge is -2.17. The molecule has 0 saturated heterocycles. The van der Waals surface area contributed by atoms with Crippen molar-refractivity contribution in [1.82, 2.24) is 4.98 Å². The highest BCUT2D eigenvalue weighted by Crippen LogP contribution is 2.25. The zero-order valence-corrected chi connectivity index (χ0v) is 19.9. The predicted molar refractivity (Wildman–Crippen MR) is 127 cm³/mol. The fourth-order valence-corrected chi connectivity index (χ4v) is 2.91. The molecule has 0 spiro atoms. The Morgan fingerprint density at radius 3 is 2.45 bits per heavy atom. The Morgan fingerprint density at radius 1 is 1.24 bits per heavy atom. The van der Waals surface area contributed by atoms with Gasteiger partial charge in [0.15, 0.2) is 5.58 Å². The lowest BCUT2D eigenvalue weighted by molar-refractivity contribution is 0.347. The molecule has 0 saturated carbocycles. The van der Waals surface area contributed by atoms with E-state index in [0.29, 0.717) is 29.3 Å². The molecule has 3 aromatic rings. The van der Waals surface area contributed by atoms with Crippen LogP contribution in [-0.4, -0.2) is 37.7 Å². The Bertz CT molecular complexity index is 1180. The van der Waals surface area contributed by atoms with Crippen molar-refractivity contribution in [2.24, 2.45) is 11.1 Å². The minimum Gasteiger partial charge on any atom is -0.489 e. The van der Waals surface area contributed by atoms with Crippen LogP contribution in [0.4, 0.5) is 10.4 Å². The summed E-state index contributed by atoms with van der Waals surface area (Å²) in [4.78, 5) is 4.29. The Labute approximate surface area is 193 Å². The van der Waals surface area contributed by atoms with Gasteiger partial charge in [-0.05, 0) is 36.6 Å². The van der Waals surface area contributed by atoms with Gasteiger partial charge >= 0.3 is 0 Å². The van der Waals surface area contributed by atoms with Crippen LogP contribution in [0.15, 0.2) is 63.7 Å². The second-order valence-corrected chi connectivity index (χ2v) is 10.0. The van der Waals surface area contributed by atoms with E-state index in [4.69, 9.17) is 19.4 Å². The van der Waals surface area contributed by atoms with Crippen LogP contribution in [-0.2, 0) is 10.1 Å².